The molecule has 1 radical (unpaired) electrons. The van der Waals surface area contributed by atoms with Crippen LogP contribution < -0.4 is 0 Å². The van der Waals surface area contributed by atoms with Crippen molar-refractivity contribution in [2.24, 2.45) is 0 Å². The lowest BCUT2D eigenvalue weighted by Crippen LogP contribution is -1.78. The van der Waals surface area contributed by atoms with E-state index in [0.717, 1.165) is 0 Å². The molecule has 0 amide bonds. The van der Waals surface area contributed by atoms with E-state index in [1.807, 2.05) is 0 Å². The highest BCUT2D eigenvalue weighted by molar-refractivity contribution is 4.85. The Morgan fingerprint density at radius 2 is 1.58 bits per heavy atom. The number of rotatable bonds is 0. The van der Waals surface area contributed by atoms with E-state index in [2.05, 4.69) is 24.3 Å². The zero-order chi connectivity index (χ0) is 8.49. The largest absolute Gasteiger partial charge is 0.0885 e. The van der Waals surface area contributed by atoms with Crippen LogP contribution in [-0.2, 0) is 0 Å². The molecule has 0 saturated heterocycles. The molecule has 1 aliphatic carbocycles. The van der Waals surface area contributed by atoms with E-state index in [-0.39, 0.29) is 0 Å². The Kier molecular flexibility index (Phi) is 5.70. The molecule has 0 N–H and O–H groups in total. The number of allylic oxidation sites excluding steroid dienone is 4. The van der Waals surface area contributed by atoms with E-state index >= 15 is 0 Å². The molecule has 0 aliphatic heterocycles. The van der Waals surface area contributed by atoms with Crippen molar-refractivity contribution in [1.82, 2.24) is 0 Å². The molecule has 0 aromatic heterocycles. The van der Waals surface area contributed by atoms with Gasteiger partial charge < -0.3 is 0 Å². The van der Waals surface area contributed by atoms with Crippen LogP contribution in [0.25, 0.3) is 0 Å². The van der Waals surface area contributed by atoms with Gasteiger partial charge in [0.15, 0.2) is 0 Å². The SMILES string of the molecule is [C]1=CCCC=CCCCCCC1. The van der Waals surface area contributed by atoms with E-state index < -0.39 is 0 Å². The summed E-state index contributed by atoms with van der Waals surface area (Å²) in [5, 5.41) is 0. The quantitative estimate of drug-likeness (QED) is 0.473. The first kappa shape index (κ1) is 9.57. The maximum Gasteiger partial charge on any atom is -0.0279 e. The summed E-state index contributed by atoms with van der Waals surface area (Å²) < 4.78 is 0. The minimum Gasteiger partial charge on any atom is -0.0885 e. The fourth-order valence-corrected chi connectivity index (χ4v) is 1.46. The zero-order valence-electron chi connectivity index (χ0n) is 7.89. The predicted molar refractivity (Wildman–Crippen MR) is 53.9 cm³/mol. The molecule has 0 heterocycles. The molecular weight excluding hydrogens is 144 g/mol. The van der Waals surface area contributed by atoms with Gasteiger partial charge in [-0.3, -0.25) is 0 Å². The topological polar surface area (TPSA) is 0 Å². The third-order valence-corrected chi connectivity index (χ3v) is 2.23. The van der Waals surface area contributed by atoms with Gasteiger partial charge in [0.1, 0.15) is 0 Å². The van der Waals surface area contributed by atoms with Crippen LogP contribution in [0.5, 0.6) is 0 Å². The first-order valence-electron chi connectivity index (χ1n) is 5.20. The van der Waals surface area contributed by atoms with Crippen LogP contribution in [0, 0.1) is 6.08 Å². The molecule has 0 saturated carbocycles. The lowest BCUT2D eigenvalue weighted by molar-refractivity contribution is 0.646. The molecule has 67 valence electrons. The highest BCUT2D eigenvalue weighted by Gasteiger charge is 1.89. The van der Waals surface area contributed by atoms with Crippen LogP contribution in [-0.4, -0.2) is 0 Å². The molecule has 0 aromatic rings. The molecular formula is C12H19. The van der Waals surface area contributed by atoms with Crippen molar-refractivity contribution < 1.29 is 0 Å². The molecule has 0 fully saturated rings. The second-order valence-electron chi connectivity index (χ2n) is 3.41. The number of hydrogen-bond donors (Lipinski definition) is 0. The standard InChI is InChI=1S/C12H19/c1-2-4-6-8-10-12-11-9-7-5-3-1/h1-2,7H,3-6,8,10-12H2. The van der Waals surface area contributed by atoms with Crippen LogP contribution in [0.3, 0.4) is 0 Å². The summed E-state index contributed by atoms with van der Waals surface area (Å²) in [6.45, 7) is 0. The van der Waals surface area contributed by atoms with E-state index in [1.165, 1.54) is 51.4 Å². The van der Waals surface area contributed by atoms with Gasteiger partial charge in [-0.2, -0.15) is 0 Å². The van der Waals surface area contributed by atoms with Crippen LogP contribution in [0.1, 0.15) is 51.4 Å². The van der Waals surface area contributed by atoms with Gasteiger partial charge in [0.05, 0.1) is 0 Å². The van der Waals surface area contributed by atoms with Crippen molar-refractivity contribution in [2.75, 3.05) is 0 Å². The molecule has 0 bridgehead atoms. The Hall–Kier alpha value is -0.520. The average molecular weight is 163 g/mol. The van der Waals surface area contributed by atoms with Crippen molar-refractivity contribution >= 4 is 0 Å². The third kappa shape index (κ3) is 5.17. The minimum atomic E-state index is 1.17. The average Bonchev–Trinajstić information content (AvgIpc) is 2.05. The maximum absolute atomic E-state index is 3.34. The zero-order valence-corrected chi connectivity index (χ0v) is 7.89. The number of hydrogen-bond acceptors (Lipinski definition) is 0. The van der Waals surface area contributed by atoms with Crippen LogP contribution in [0.2, 0.25) is 0 Å². The van der Waals surface area contributed by atoms with Gasteiger partial charge >= 0.3 is 0 Å². The summed E-state index contributed by atoms with van der Waals surface area (Å²) in [6.07, 6.45) is 20.5. The van der Waals surface area contributed by atoms with Crippen molar-refractivity contribution in [3.63, 3.8) is 0 Å². The van der Waals surface area contributed by atoms with Gasteiger partial charge in [0.25, 0.3) is 0 Å². The van der Waals surface area contributed by atoms with Crippen LogP contribution in [0.4, 0.5) is 0 Å². The molecule has 0 nitrogen and oxygen atoms in total. The predicted octanol–water partition coefficient (Wildman–Crippen LogP) is 4.04. The Balaban J connectivity index is 2.19. The lowest BCUT2D eigenvalue weighted by Gasteiger charge is -1.98. The summed E-state index contributed by atoms with van der Waals surface area (Å²) in [5.74, 6) is 0. The van der Waals surface area contributed by atoms with Crippen molar-refractivity contribution in [3.05, 3.63) is 24.3 Å². The first-order chi connectivity index (χ1) is 6.00. The Morgan fingerprint density at radius 1 is 0.750 bits per heavy atom. The lowest BCUT2D eigenvalue weighted by atomic mass is 10.1. The third-order valence-electron chi connectivity index (χ3n) is 2.23. The molecule has 0 atom stereocenters. The summed E-state index contributed by atoms with van der Waals surface area (Å²) in [7, 11) is 0. The van der Waals surface area contributed by atoms with Gasteiger partial charge in [-0.05, 0) is 44.6 Å². The van der Waals surface area contributed by atoms with Gasteiger partial charge in [-0.1, -0.05) is 31.1 Å². The second-order valence-corrected chi connectivity index (χ2v) is 3.41. The maximum atomic E-state index is 3.34. The van der Waals surface area contributed by atoms with E-state index in [1.54, 1.807) is 0 Å². The molecule has 0 spiro atoms. The van der Waals surface area contributed by atoms with E-state index in [4.69, 9.17) is 0 Å². The van der Waals surface area contributed by atoms with Crippen molar-refractivity contribution in [3.8, 4) is 0 Å². The van der Waals surface area contributed by atoms with E-state index in [9.17, 15) is 0 Å². The van der Waals surface area contributed by atoms with Gasteiger partial charge in [-0.25, -0.2) is 0 Å². The molecule has 1 aliphatic rings. The Labute approximate surface area is 76.4 Å². The van der Waals surface area contributed by atoms with Crippen LogP contribution in [0.15, 0.2) is 18.2 Å². The summed E-state index contributed by atoms with van der Waals surface area (Å²) in [4.78, 5) is 0. The molecule has 12 heavy (non-hydrogen) atoms. The highest BCUT2D eigenvalue weighted by atomic mass is 13.9. The van der Waals surface area contributed by atoms with Gasteiger partial charge in [0.2, 0.25) is 0 Å². The van der Waals surface area contributed by atoms with Crippen LogP contribution >= 0.6 is 0 Å². The Bertz CT molecular complexity index is 124. The van der Waals surface area contributed by atoms with E-state index in [0.29, 0.717) is 0 Å². The van der Waals surface area contributed by atoms with Gasteiger partial charge in [0, 0.05) is 0 Å². The normalized spacial score (nSPS) is 21.3. The molecule has 0 unspecified atom stereocenters. The summed E-state index contributed by atoms with van der Waals surface area (Å²) >= 11 is 0. The fraction of sp³-hybridized carbons (Fsp3) is 0.667. The van der Waals surface area contributed by atoms with Gasteiger partial charge in [-0.15, -0.1) is 0 Å². The molecule has 0 aromatic carbocycles. The Morgan fingerprint density at radius 3 is 2.58 bits per heavy atom. The van der Waals surface area contributed by atoms with Crippen molar-refractivity contribution in [2.45, 2.75) is 51.4 Å². The summed E-state index contributed by atoms with van der Waals surface area (Å²) in [6, 6.07) is 0. The second kappa shape index (κ2) is 7.15. The molecule has 0 heteroatoms. The highest BCUT2D eigenvalue weighted by Crippen LogP contribution is 2.08. The monoisotopic (exact) mass is 163 g/mol. The molecule has 1 rings (SSSR count). The summed E-state index contributed by atoms with van der Waals surface area (Å²) in [5.41, 5.74) is 0. The smallest absolute Gasteiger partial charge is 0.0279 e. The fourth-order valence-electron chi connectivity index (χ4n) is 1.46. The minimum absolute atomic E-state index is 1.17. The van der Waals surface area contributed by atoms with Crippen molar-refractivity contribution in [1.29, 1.82) is 0 Å². The first-order valence-corrected chi connectivity index (χ1v) is 5.20.